The molecule has 3 aliphatic heterocycles. The highest BCUT2D eigenvalue weighted by Crippen LogP contribution is 2.46. The van der Waals surface area contributed by atoms with Gasteiger partial charge in [0, 0.05) is 25.6 Å². The van der Waals surface area contributed by atoms with Crippen molar-refractivity contribution < 1.29 is 23.8 Å². The summed E-state index contributed by atoms with van der Waals surface area (Å²) in [6, 6.07) is 3.62. The van der Waals surface area contributed by atoms with Gasteiger partial charge in [-0.2, -0.15) is 0 Å². The maximum absolute atomic E-state index is 14.9. The molecule has 1 aromatic carbocycles. The second-order valence-corrected chi connectivity index (χ2v) is 9.90. The lowest BCUT2D eigenvalue weighted by molar-refractivity contribution is -0.128. The van der Waals surface area contributed by atoms with Crippen LogP contribution in [0.15, 0.2) is 30.9 Å². The molecule has 0 radical (unpaired) electrons. The molecule has 0 bridgehead atoms. The van der Waals surface area contributed by atoms with Gasteiger partial charge in [-0.25, -0.2) is 9.37 Å². The number of aromatic hydroxyl groups is 1. The Balaban J connectivity index is 1.64. The van der Waals surface area contributed by atoms with E-state index in [9.17, 15) is 19.1 Å². The number of halogens is 2. The van der Waals surface area contributed by atoms with Gasteiger partial charge in [-0.15, -0.1) is 0 Å². The summed E-state index contributed by atoms with van der Waals surface area (Å²) in [4.78, 5) is 36.5. The number of amides is 2. The highest BCUT2D eigenvalue weighted by molar-refractivity contribution is 6.35. The minimum absolute atomic E-state index is 0.0192. The summed E-state index contributed by atoms with van der Waals surface area (Å²) in [7, 11) is 2.04. The zero-order valence-electron chi connectivity index (χ0n) is 20.0. The van der Waals surface area contributed by atoms with Crippen molar-refractivity contribution >= 4 is 23.4 Å². The summed E-state index contributed by atoms with van der Waals surface area (Å²) in [5.41, 5.74) is 0.729. The van der Waals surface area contributed by atoms with E-state index in [0.717, 1.165) is 25.9 Å². The van der Waals surface area contributed by atoms with E-state index in [1.165, 1.54) is 24.3 Å². The van der Waals surface area contributed by atoms with Crippen molar-refractivity contribution in [2.75, 3.05) is 46.4 Å². The first-order valence-corrected chi connectivity index (χ1v) is 12.4. The quantitative estimate of drug-likeness (QED) is 0.633. The van der Waals surface area contributed by atoms with Gasteiger partial charge in [0.05, 0.1) is 23.0 Å². The molecule has 36 heavy (non-hydrogen) atoms. The molecule has 8 nitrogen and oxygen atoms in total. The highest BCUT2D eigenvalue weighted by atomic mass is 35.5. The number of carbonyl (C=O) groups excluding carboxylic acids is 2. The first-order valence-electron chi connectivity index (χ1n) is 12.0. The molecule has 2 fully saturated rings. The van der Waals surface area contributed by atoms with Crippen LogP contribution >= 0.6 is 11.6 Å². The lowest BCUT2D eigenvalue weighted by Crippen LogP contribution is -2.57. The third-order valence-corrected chi connectivity index (χ3v) is 7.67. The largest absolute Gasteiger partial charge is 0.507 e. The zero-order valence-corrected chi connectivity index (χ0v) is 20.8. The van der Waals surface area contributed by atoms with Crippen LogP contribution in [-0.4, -0.2) is 89.0 Å². The number of phenols is 1. The molecule has 0 saturated carbocycles. The standard InChI is InChI=1S/C26H28ClFN4O4/c1-3-19(34)31-11-12-32-16(13-31)14-36-25-21(26(32)35)23(15-7-9-30(2)10-8-15)29-24(22(25)27)20-17(28)5-4-6-18(20)33/h3-6,15-16,33H,1,7-14H2,2H3/t16-/m1/s1. The van der Waals surface area contributed by atoms with Crippen molar-refractivity contribution in [3.05, 3.63) is 53.0 Å². The number of benzene rings is 1. The molecule has 2 saturated heterocycles. The van der Waals surface area contributed by atoms with Crippen LogP contribution in [0.4, 0.5) is 4.39 Å². The molecule has 190 valence electrons. The Hall–Kier alpha value is -3.17. The van der Waals surface area contributed by atoms with Crippen LogP contribution in [0.1, 0.15) is 34.8 Å². The Labute approximate surface area is 213 Å². The van der Waals surface area contributed by atoms with Gasteiger partial charge in [-0.3, -0.25) is 9.59 Å². The molecule has 4 heterocycles. The number of fused-ring (bicyclic) bond motifs is 2. The van der Waals surface area contributed by atoms with Gasteiger partial charge in [0.25, 0.3) is 5.91 Å². The second-order valence-electron chi connectivity index (χ2n) is 9.53. The SMILES string of the molecule is C=CC(=O)N1CCN2C(=O)c3c(C4CCN(C)CC4)nc(-c4c(O)cccc4F)c(Cl)c3OC[C@H]2C1. The fourth-order valence-electron chi connectivity index (χ4n) is 5.31. The molecule has 2 amide bonds. The van der Waals surface area contributed by atoms with Crippen LogP contribution < -0.4 is 4.74 Å². The number of hydrogen-bond donors (Lipinski definition) is 1. The zero-order chi connectivity index (χ0) is 25.6. The molecule has 0 unspecified atom stereocenters. The molecular weight excluding hydrogens is 487 g/mol. The minimum atomic E-state index is -0.672. The Kier molecular flexibility index (Phi) is 6.61. The van der Waals surface area contributed by atoms with Crippen molar-refractivity contribution in [3.63, 3.8) is 0 Å². The predicted octanol–water partition coefficient (Wildman–Crippen LogP) is 3.29. The first kappa shape index (κ1) is 24.5. The number of piperazine rings is 1. The number of phenolic OH excluding ortho intramolecular Hbond substituents is 1. The van der Waals surface area contributed by atoms with Crippen LogP contribution in [0.2, 0.25) is 5.02 Å². The molecule has 3 aliphatic rings. The Morgan fingerprint density at radius 3 is 2.69 bits per heavy atom. The van der Waals surface area contributed by atoms with E-state index in [4.69, 9.17) is 21.3 Å². The van der Waals surface area contributed by atoms with Crippen molar-refractivity contribution in [2.45, 2.75) is 24.8 Å². The van der Waals surface area contributed by atoms with Gasteiger partial charge >= 0.3 is 0 Å². The highest BCUT2D eigenvalue weighted by Gasteiger charge is 2.41. The van der Waals surface area contributed by atoms with Crippen molar-refractivity contribution in [3.8, 4) is 22.8 Å². The van der Waals surface area contributed by atoms with E-state index < -0.39 is 5.82 Å². The van der Waals surface area contributed by atoms with E-state index >= 15 is 0 Å². The molecule has 0 aliphatic carbocycles. The molecule has 1 atom stereocenters. The molecule has 1 aromatic heterocycles. The number of likely N-dealkylation sites (tertiary alicyclic amines) is 1. The van der Waals surface area contributed by atoms with Crippen LogP contribution in [0.5, 0.6) is 11.5 Å². The number of aromatic nitrogens is 1. The normalized spacial score (nSPS) is 20.9. The average Bonchev–Trinajstić information content (AvgIpc) is 3.02. The van der Waals surface area contributed by atoms with Crippen LogP contribution in [0.25, 0.3) is 11.3 Å². The number of ether oxygens (including phenoxy) is 1. The van der Waals surface area contributed by atoms with Gasteiger partial charge in [-0.05, 0) is 51.2 Å². The van der Waals surface area contributed by atoms with E-state index in [-0.39, 0.29) is 58.2 Å². The summed E-state index contributed by atoms with van der Waals surface area (Å²) in [5.74, 6) is -1.34. The maximum Gasteiger partial charge on any atom is 0.260 e. The summed E-state index contributed by atoms with van der Waals surface area (Å²) < 4.78 is 21.1. The Morgan fingerprint density at radius 1 is 1.25 bits per heavy atom. The summed E-state index contributed by atoms with van der Waals surface area (Å²) in [6.45, 7) is 6.34. The number of pyridine rings is 1. The smallest absolute Gasteiger partial charge is 0.260 e. The number of piperidine rings is 1. The topological polar surface area (TPSA) is 86.2 Å². The van der Waals surface area contributed by atoms with E-state index in [2.05, 4.69) is 11.5 Å². The van der Waals surface area contributed by atoms with E-state index in [0.29, 0.717) is 30.9 Å². The van der Waals surface area contributed by atoms with Crippen molar-refractivity contribution in [1.29, 1.82) is 0 Å². The fourth-order valence-corrected chi connectivity index (χ4v) is 5.60. The molecule has 10 heteroatoms. The second kappa shape index (κ2) is 9.71. The third kappa shape index (κ3) is 4.20. The summed E-state index contributed by atoms with van der Waals surface area (Å²) >= 11 is 6.75. The lowest BCUT2D eigenvalue weighted by Gasteiger charge is -2.39. The maximum atomic E-state index is 14.9. The molecular formula is C26H28ClFN4O4. The summed E-state index contributed by atoms with van der Waals surface area (Å²) in [5, 5.41) is 10.5. The number of hydrogen-bond acceptors (Lipinski definition) is 6. The number of rotatable bonds is 3. The Bertz CT molecular complexity index is 1210. The predicted molar refractivity (Wildman–Crippen MR) is 133 cm³/mol. The van der Waals surface area contributed by atoms with E-state index in [1.54, 1.807) is 9.80 Å². The van der Waals surface area contributed by atoms with Gasteiger partial charge in [0.1, 0.15) is 28.8 Å². The minimum Gasteiger partial charge on any atom is -0.507 e. The van der Waals surface area contributed by atoms with Crippen LogP contribution in [-0.2, 0) is 4.79 Å². The number of nitrogens with zero attached hydrogens (tertiary/aromatic N) is 4. The van der Waals surface area contributed by atoms with Crippen LogP contribution in [0.3, 0.4) is 0 Å². The van der Waals surface area contributed by atoms with Gasteiger partial charge in [0.15, 0.2) is 5.75 Å². The van der Waals surface area contributed by atoms with Gasteiger partial charge in [-0.1, -0.05) is 24.2 Å². The van der Waals surface area contributed by atoms with E-state index in [1.807, 2.05) is 7.05 Å². The lowest BCUT2D eigenvalue weighted by atomic mass is 9.89. The molecule has 2 aromatic rings. The van der Waals surface area contributed by atoms with Crippen molar-refractivity contribution in [2.24, 2.45) is 0 Å². The first-order chi connectivity index (χ1) is 17.3. The van der Waals surface area contributed by atoms with Crippen LogP contribution in [0, 0.1) is 5.82 Å². The Morgan fingerprint density at radius 2 is 2.00 bits per heavy atom. The van der Waals surface area contributed by atoms with Gasteiger partial charge in [0.2, 0.25) is 5.91 Å². The fraction of sp³-hybridized carbons (Fsp3) is 0.423. The summed E-state index contributed by atoms with van der Waals surface area (Å²) in [6.07, 6.45) is 2.78. The van der Waals surface area contributed by atoms with Gasteiger partial charge < -0.3 is 24.5 Å². The van der Waals surface area contributed by atoms with Crippen molar-refractivity contribution in [1.82, 2.24) is 19.7 Å². The average molecular weight is 515 g/mol. The molecule has 1 N–H and O–H groups in total. The monoisotopic (exact) mass is 514 g/mol. The number of carbonyl (C=O) groups is 2. The molecule has 0 spiro atoms. The molecule has 5 rings (SSSR count). The third-order valence-electron chi connectivity index (χ3n) is 7.32.